The fraction of sp³-hybridized carbons (Fsp3) is 0.241. The number of nitrogens with two attached hydrogens (primary N) is 1. The van der Waals surface area contributed by atoms with Crippen LogP contribution in [0.15, 0.2) is 87.8 Å². The fourth-order valence-corrected chi connectivity index (χ4v) is 6.19. The molecule has 5 rings (SSSR count). The van der Waals surface area contributed by atoms with Crippen molar-refractivity contribution in [2.75, 3.05) is 31.4 Å². The van der Waals surface area contributed by atoms with Gasteiger partial charge in [0.15, 0.2) is 5.17 Å². The smallest absolute Gasteiger partial charge is 0.262 e. The van der Waals surface area contributed by atoms with Crippen molar-refractivity contribution in [3.63, 3.8) is 0 Å². The van der Waals surface area contributed by atoms with E-state index in [9.17, 15) is 18.0 Å². The van der Waals surface area contributed by atoms with Crippen molar-refractivity contribution in [1.29, 1.82) is 0 Å². The molecule has 13 heteroatoms. The van der Waals surface area contributed by atoms with Crippen LogP contribution in [0, 0.1) is 0 Å². The van der Waals surface area contributed by atoms with E-state index in [-0.39, 0.29) is 17.4 Å². The number of amidine groups is 1. The molecule has 0 aromatic heterocycles. The molecule has 2 aliphatic heterocycles. The molecule has 3 aromatic carbocycles. The molecule has 3 N–H and O–H groups in total. The Kier molecular flexibility index (Phi) is 8.34. The summed E-state index contributed by atoms with van der Waals surface area (Å²) in [6.07, 6.45) is 0.486. The van der Waals surface area contributed by atoms with Gasteiger partial charge in [-0.3, -0.25) is 9.59 Å². The highest BCUT2D eigenvalue weighted by Gasteiger charge is 2.39. The lowest BCUT2D eigenvalue weighted by Gasteiger charge is -2.24. The number of hydrogen-bond acceptors (Lipinski definition) is 9. The Hall–Kier alpha value is -4.20. The van der Waals surface area contributed by atoms with E-state index in [1.807, 2.05) is 67.5 Å². The average Bonchev–Trinajstić information content (AvgIpc) is 3.57. The van der Waals surface area contributed by atoms with Gasteiger partial charge in [-0.05, 0) is 71.8 Å². The van der Waals surface area contributed by atoms with Gasteiger partial charge in [-0.15, -0.1) is 0 Å². The monoisotopic (exact) mass is 606 g/mol. The summed E-state index contributed by atoms with van der Waals surface area (Å²) in [5.41, 5.74) is 4.26. The van der Waals surface area contributed by atoms with Crippen LogP contribution in [0.2, 0.25) is 0 Å². The number of methoxy groups -OCH3 is 1. The summed E-state index contributed by atoms with van der Waals surface area (Å²) in [7, 11) is 1.73. The van der Waals surface area contributed by atoms with E-state index >= 15 is 0 Å². The second-order valence-electron chi connectivity index (χ2n) is 9.99. The molecule has 2 unspecified atom stereocenters. The highest BCUT2D eigenvalue weighted by molar-refractivity contribution is 8.15. The number of sulfonamides is 1. The van der Waals surface area contributed by atoms with Crippen molar-refractivity contribution >= 4 is 55.9 Å². The number of thioether (sulfide) groups is 1. The van der Waals surface area contributed by atoms with Gasteiger partial charge in [-0.2, -0.15) is 10.1 Å². The van der Waals surface area contributed by atoms with Crippen LogP contribution in [-0.4, -0.2) is 62.6 Å². The summed E-state index contributed by atoms with van der Waals surface area (Å²) in [4.78, 5) is 31.9. The van der Waals surface area contributed by atoms with E-state index in [0.717, 1.165) is 28.3 Å². The zero-order chi connectivity index (χ0) is 30.0. The van der Waals surface area contributed by atoms with E-state index in [4.69, 9.17) is 15.0 Å². The van der Waals surface area contributed by atoms with Gasteiger partial charge in [0, 0.05) is 38.3 Å². The average molecular weight is 607 g/mol. The summed E-state index contributed by atoms with van der Waals surface area (Å²) >= 11 is 1.20. The zero-order valence-electron chi connectivity index (χ0n) is 23.2. The van der Waals surface area contributed by atoms with E-state index in [1.54, 1.807) is 12.1 Å². The van der Waals surface area contributed by atoms with Crippen molar-refractivity contribution in [2.45, 2.75) is 29.0 Å². The molecular formula is C29H30N6O5S2. The van der Waals surface area contributed by atoms with Gasteiger partial charge in [-0.25, -0.2) is 18.6 Å². The second-order valence-corrected chi connectivity index (χ2v) is 12.7. The summed E-state index contributed by atoms with van der Waals surface area (Å²) in [5.74, 6) is -0.0716. The third kappa shape index (κ3) is 6.48. The highest BCUT2D eigenvalue weighted by Crippen LogP contribution is 2.39. The molecule has 11 nitrogen and oxygen atoms in total. The zero-order valence-corrected chi connectivity index (χ0v) is 24.9. The summed E-state index contributed by atoms with van der Waals surface area (Å²) < 4.78 is 28.2. The number of hydrazone groups is 1. The number of primary sulfonamides is 1. The second kappa shape index (κ2) is 12.0. The lowest BCUT2D eigenvalue weighted by atomic mass is 9.98. The first-order valence-electron chi connectivity index (χ1n) is 13.0. The maximum absolute atomic E-state index is 12.9. The van der Waals surface area contributed by atoms with Crippen molar-refractivity contribution in [3.8, 4) is 5.75 Å². The lowest BCUT2D eigenvalue weighted by Crippen LogP contribution is -2.25. The van der Waals surface area contributed by atoms with Crippen LogP contribution in [-0.2, 0) is 19.6 Å². The number of nitrogens with one attached hydrogen (secondary N) is 1. The number of rotatable bonds is 8. The Labute approximate surface area is 248 Å². The number of hydrogen-bond donors (Lipinski definition) is 2. The number of aliphatic imine (C=N–C) groups is 1. The molecule has 0 spiro atoms. The summed E-state index contributed by atoms with van der Waals surface area (Å²) in [5, 5.41) is 14.2. The molecular weight excluding hydrogens is 576 g/mol. The molecule has 0 saturated heterocycles. The Bertz CT molecular complexity index is 1650. The van der Waals surface area contributed by atoms with Gasteiger partial charge in [0.25, 0.3) is 5.91 Å². The first-order chi connectivity index (χ1) is 20.0. The van der Waals surface area contributed by atoms with E-state index in [1.165, 1.54) is 36.0 Å². The van der Waals surface area contributed by atoms with Gasteiger partial charge in [0.2, 0.25) is 15.9 Å². The van der Waals surface area contributed by atoms with Crippen LogP contribution >= 0.6 is 11.8 Å². The van der Waals surface area contributed by atoms with Gasteiger partial charge in [0.05, 0.1) is 23.8 Å². The number of ether oxygens (including phenoxy) is 1. The van der Waals surface area contributed by atoms with E-state index in [0.29, 0.717) is 17.3 Å². The van der Waals surface area contributed by atoms with Crippen LogP contribution in [0.25, 0.3) is 0 Å². The molecule has 2 amide bonds. The summed E-state index contributed by atoms with van der Waals surface area (Å²) in [6.45, 7) is 0. The largest absolute Gasteiger partial charge is 0.497 e. The molecule has 3 aromatic rings. The van der Waals surface area contributed by atoms with Crippen LogP contribution in [0.1, 0.15) is 30.0 Å². The maximum atomic E-state index is 12.9. The lowest BCUT2D eigenvalue weighted by molar-refractivity contribution is -0.121. The van der Waals surface area contributed by atoms with Crippen LogP contribution in [0.5, 0.6) is 5.75 Å². The number of anilines is 2. The number of carbonyl (C=O) groups excluding carboxylic acids is 2. The molecule has 0 saturated carbocycles. The standard InChI is InChI=1S/C29H30N6O5S2/c1-34(2)21-10-4-19(5-11-21)25-16-24(18-6-12-22(40-3)13-7-18)33-35(25)29-32-28(37)26(41-29)17-27(36)31-20-8-14-23(15-9-20)42(30,38)39/h4-15,25-26H,16-17H2,1-3H3,(H,31,36)(H2,30,38,39). The predicted octanol–water partition coefficient (Wildman–Crippen LogP) is 3.59. The first kappa shape index (κ1) is 29.3. The molecule has 2 atom stereocenters. The van der Waals surface area contributed by atoms with Crippen molar-refractivity contribution in [3.05, 3.63) is 83.9 Å². The van der Waals surface area contributed by atoms with E-state index in [2.05, 4.69) is 10.3 Å². The Balaban J connectivity index is 1.33. The summed E-state index contributed by atoms with van der Waals surface area (Å²) in [6, 6.07) is 21.1. The van der Waals surface area contributed by atoms with Gasteiger partial charge in [-0.1, -0.05) is 23.9 Å². The molecule has 2 heterocycles. The minimum absolute atomic E-state index is 0.0637. The number of amides is 2. The minimum Gasteiger partial charge on any atom is -0.497 e. The number of benzene rings is 3. The molecule has 2 aliphatic rings. The van der Waals surface area contributed by atoms with Crippen LogP contribution < -0.4 is 20.1 Å². The van der Waals surface area contributed by atoms with Gasteiger partial charge in [0.1, 0.15) is 11.0 Å². The van der Waals surface area contributed by atoms with Crippen LogP contribution in [0.3, 0.4) is 0 Å². The molecule has 0 fully saturated rings. The Morgan fingerprint density at radius 1 is 1.07 bits per heavy atom. The molecule has 218 valence electrons. The van der Waals surface area contributed by atoms with E-state index < -0.39 is 27.1 Å². The first-order valence-corrected chi connectivity index (χ1v) is 15.4. The fourth-order valence-electron chi connectivity index (χ4n) is 4.61. The SMILES string of the molecule is COc1ccc(C2=NN(C3=NC(=O)C(CC(=O)Nc4ccc(S(N)(=O)=O)cc4)S3)C(c3ccc(N(C)C)cc3)C2)cc1. The Morgan fingerprint density at radius 3 is 2.33 bits per heavy atom. The quantitative estimate of drug-likeness (QED) is 0.396. The predicted molar refractivity (Wildman–Crippen MR) is 164 cm³/mol. The molecule has 0 bridgehead atoms. The maximum Gasteiger partial charge on any atom is 0.262 e. The van der Waals surface area contributed by atoms with Gasteiger partial charge < -0.3 is 15.0 Å². The molecule has 0 radical (unpaired) electrons. The number of nitrogens with zero attached hydrogens (tertiary/aromatic N) is 4. The number of carbonyl (C=O) groups is 2. The molecule has 42 heavy (non-hydrogen) atoms. The molecule has 0 aliphatic carbocycles. The van der Waals surface area contributed by atoms with Crippen molar-refractivity contribution < 1.29 is 22.7 Å². The third-order valence-corrected chi connectivity index (χ3v) is 8.96. The van der Waals surface area contributed by atoms with Gasteiger partial charge >= 0.3 is 0 Å². The highest BCUT2D eigenvalue weighted by atomic mass is 32.2. The van der Waals surface area contributed by atoms with Crippen molar-refractivity contribution in [2.24, 2.45) is 15.2 Å². The van der Waals surface area contributed by atoms with Crippen molar-refractivity contribution in [1.82, 2.24) is 5.01 Å². The normalized spacial score (nSPS) is 18.5. The topological polar surface area (TPSA) is 147 Å². The minimum atomic E-state index is -3.84. The van der Waals surface area contributed by atoms with Crippen LogP contribution in [0.4, 0.5) is 11.4 Å². The third-order valence-electron chi connectivity index (χ3n) is 6.89. The Morgan fingerprint density at radius 2 is 1.74 bits per heavy atom.